The van der Waals surface area contributed by atoms with Gasteiger partial charge in [0, 0.05) is 11.6 Å². The molecule has 0 aliphatic rings. The Kier molecular flexibility index (Phi) is 7.28. The molecule has 0 nitrogen and oxygen atoms in total. The van der Waals surface area contributed by atoms with Crippen LogP contribution in [-0.4, -0.2) is 0 Å². The molecule has 0 aliphatic carbocycles. The van der Waals surface area contributed by atoms with Crippen LogP contribution in [0.5, 0.6) is 0 Å². The second kappa shape index (κ2) is 5.75. The molecule has 0 fully saturated rings. The van der Waals surface area contributed by atoms with Crippen LogP contribution in [-0.2, 0) is 19.5 Å². The van der Waals surface area contributed by atoms with Crippen molar-refractivity contribution in [3.05, 3.63) is 35.9 Å². The van der Waals surface area contributed by atoms with Crippen molar-refractivity contribution < 1.29 is 40.7 Å². The fraction of sp³-hybridized carbons (Fsp3) is 0. The third kappa shape index (κ3) is 3.23. The Morgan fingerprint density at radius 1 is 1.30 bits per heavy atom. The van der Waals surface area contributed by atoms with Crippen molar-refractivity contribution in [3.8, 4) is 0 Å². The number of benzene rings is 1. The first-order valence-electron chi connectivity index (χ1n) is 2.12. The molecule has 1 aromatic carbocycles. The van der Waals surface area contributed by atoms with E-state index in [0.29, 0.717) is 0 Å². The van der Waals surface area contributed by atoms with Gasteiger partial charge in [0.25, 0.3) is 0 Å². The van der Waals surface area contributed by atoms with Crippen molar-refractivity contribution in [3.63, 3.8) is 0 Å². The molecule has 0 heterocycles. The van der Waals surface area contributed by atoms with Gasteiger partial charge in [-0.05, 0) is 0 Å². The van der Waals surface area contributed by atoms with Gasteiger partial charge in [0.2, 0.25) is 0 Å². The van der Waals surface area contributed by atoms with Crippen molar-refractivity contribution in [1.82, 2.24) is 0 Å². The van der Waals surface area contributed by atoms with E-state index in [4.69, 9.17) is 0 Å². The van der Waals surface area contributed by atoms with Gasteiger partial charge >= 0.3 is 19.5 Å². The summed E-state index contributed by atoms with van der Waals surface area (Å²) in [6.07, 6.45) is 0. The number of halogens is 3. The van der Waals surface area contributed by atoms with E-state index in [1.165, 1.54) is 12.1 Å². The van der Waals surface area contributed by atoms with Crippen molar-refractivity contribution in [1.29, 1.82) is 0 Å². The topological polar surface area (TPSA) is 0 Å². The van der Waals surface area contributed by atoms with E-state index in [2.05, 4.69) is 6.07 Å². The summed E-state index contributed by atoms with van der Waals surface area (Å²) in [7, 11) is 0. The summed E-state index contributed by atoms with van der Waals surface area (Å²) in [6, 6.07) is 5.81. The van der Waals surface area contributed by atoms with E-state index in [9.17, 15) is 8.78 Å². The van der Waals surface area contributed by atoms with E-state index in [1.807, 2.05) is 0 Å². The van der Waals surface area contributed by atoms with Gasteiger partial charge in [0.05, 0.1) is 0 Å². The molecule has 0 saturated carbocycles. The minimum absolute atomic E-state index is 0. The van der Waals surface area contributed by atoms with Crippen LogP contribution in [0.1, 0.15) is 0 Å². The maximum absolute atomic E-state index is 11.9. The van der Waals surface area contributed by atoms with Crippen LogP contribution in [0.25, 0.3) is 0 Å². The summed E-state index contributed by atoms with van der Waals surface area (Å²) in [5, 5.41) is 0. The number of hydrogen-bond acceptors (Lipinski definition) is 0. The summed E-state index contributed by atoms with van der Waals surface area (Å²) >= 11 is 0. The van der Waals surface area contributed by atoms with Gasteiger partial charge in [-0.15, -0.1) is 12.1 Å². The first-order chi connectivity index (χ1) is 3.80. The van der Waals surface area contributed by atoms with Crippen LogP contribution < -0.4 is 12.4 Å². The quantitative estimate of drug-likeness (QED) is 0.374. The fourth-order valence-corrected chi connectivity index (χ4v) is 0.396. The number of rotatable bonds is 0. The Morgan fingerprint density at radius 2 is 1.90 bits per heavy atom. The second-order valence-electron chi connectivity index (χ2n) is 1.33. The molecule has 50 valence electrons. The first kappa shape index (κ1) is 12.7. The molecule has 0 aromatic heterocycles. The van der Waals surface area contributed by atoms with Crippen molar-refractivity contribution in [2.45, 2.75) is 0 Å². The SMILES string of the molecule is Fc1[c-]cccc1F.[Cl-].[Zn+2]. The van der Waals surface area contributed by atoms with Crippen LogP contribution in [0, 0.1) is 17.7 Å². The molecule has 0 aliphatic heterocycles. The van der Waals surface area contributed by atoms with Crippen molar-refractivity contribution in [2.24, 2.45) is 0 Å². The summed E-state index contributed by atoms with van der Waals surface area (Å²) in [4.78, 5) is 0. The third-order valence-corrected chi connectivity index (χ3v) is 0.759. The van der Waals surface area contributed by atoms with Gasteiger partial charge in [0.15, 0.2) is 0 Å². The third-order valence-electron chi connectivity index (χ3n) is 0.759. The van der Waals surface area contributed by atoms with Crippen LogP contribution >= 0.6 is 0 Å². The van der Waals surface area contributed by atoms with Crippen LogP contribution in [0.2, 0.25) is 0 Å². The first-order valence-corrected chi connectivity index (χ1v) is 2.12. The molecule has 1 rings (SSSR count). The zero-order valence-corrected chi connectivity index (χ0v) is 8.80. The largest absolute Gasteiger partial charge is 2.00 e. The fourth-order valence-electron chi connectivity index (χ4n) is 0.396. The molecule has 0 N–H and O–H groups in total. The van der Waals surface area contributed by atoms with Gasteiger partial charge < -0.3 is 12.4 Å². The molecule has 0 unspecified atom stereocenters. The Balaban J connectivity index is 0. The minimum Gasteiger partial charge on any atom is -1.00 e. The van der Waals surface area contributed by atoms with E-state index in [1.54, 1.807) is 0 Å². The van der Waals surface area contributed by atoms with E-state index >= 15 is 0 Å². The molecular weight excluding hydrogens is 211 g/mol. The summed E-state index contributed by atoms with van der Waals surface area (Å²) in [5.41, 5.74) is 0. The molecule has 0 saturated heterocycles. The average molecular weight is 214 g/mol. The molecule has 0 bridgehead atoms. The van der Waals surface area contributed by atoms with Gasteiger partial charge in [-0.1, -0.05) is 0 Å². The maximum Gasteiger partial charge on any atom is 2.00 e. The summed E-state index contributed by atoms with van der Waals surface area (Å²) in [5.74, 6) is -1.78. The molecule has 0 spiro atoms. The molecule has 1 aromatic rings. The predicted octanol–water partition coefficient (Wildman–Crippen LogP) is -1.23. The monoisotopic (exact) mass is 212 g/mol. The Morgan fingerprint density at radius 3 is 2.20 bits per heavy atom. The van der Waals surface area contributed by atoms with Gasteiger partial charge in [-0.2, -0.15) is 12.1 Å². The molecule has 0 radical (unpaired) electrons. The van der Waals surface area contributed by atoms with Gasteiger partial charge in [-0.3, -0.25) is 4.39 Å². The van der Waals surface area contributed by atoms with E-state index in [0.717, 1.165) is 6.07 Å². The van der Waals surface area contributed by atoms with E-state index < -0.39 is 11.6 Å². The van der Waals surface area contributed by atoms with Crippen LogP contribution in [0.15, 0.2) is 18.2 Å². The van der Waals surface area contributed by atoms with Crippen LogP contribution in [0.4, 0.5) is 8.78 Å². The molecule has 10 heavy (non-hydrogen) atoms. The Hall–Kier alpha value is -0.00662. The maximum atomic E-state index is 11.9. The standard InChI is InChI=1S/C6H3F2.ClH.Zn/c7-5-3-1-2-4-6(5)8;;/h1-3H;1H;/q-1;;+2/p-1. The Bertz CT molecular complexity index is 172. The average Bonchev–Trinajstić information content (AvgIpc) is 1.77. The second-order valence-corrected chi connectivity index (χ2v) is 1.33. The molecular formula is C6H3ClF2Zn. The van der Waals surface area contributed by atoms with E-state index in [-0.39, 0.29) is 31.9 Å². The molecule has 0 amide bonds. The predicted molar refractivity (Wildman–Crippen MR) is 25.2 cm³/mol. The summed E-state index contributed by atoms with van der Waals surface area (Å²) in [6.45, 7) is 0. The van der Waals surface area contributed by atoms with Crippen molar-refractivity contribution >= 4 is 0 Å². The minimum atomic E-state index is -0.924. The van der Waals surface area contributed by atoms with Gasteiger partial charge in [-0.25, -0.2) is 4.39 Å². The zero-order valence-electron chi connectivity index (χ0n) is 5.07. The van der Waals surface area contributed by atoms with Crippen molar-refractivity contribution in [2.75, 3.05) is 0 Å². The Labute approximate surface area is 76.8 Å². The smallest absolute Gasteiger partial charge is 1.00 e. The zero-order chi connectivity index (χ0) is 5.98. The normalized spacial score (nSPS) is 7.40. The number of hydrogen-bond donors (Lipinski definition) is 0. The molecule has 4 heteroatoms. The molecule has 0 atom stereocenters. The summed E-state index contributed by atoms with van der Waals surface area (Å²) < 4.78 is 23.8. The van der Waals surface area contributed by atoms with Gasteiger partial charge in [0.1, 0.15) is 0 Å². The van der Waals surface area contributed by atoms with Crippen LogP contribution in [0.3, 0.4) is 0 Å².